The minimum Gasteiger partial charge on any atom is -0.378 e. The van der Waals surface area contributed by atoms with E-state index >= 15 is 0 Å². The molecular formula is C19H22FN. The smallest absolute Gasteiger partial charge is 0.125 e. The Labute approximate surface area is 126 Å². The first-order valence-corrected chi connectivity index (χ1v) is 7.90. The van der Waals surface area contributed by atoms with Crippen molar-refractivity contribution in [2.45, 2.75) is 38.1 Å². The van der Waals surface area contributed by atoms with Gasteiger partial charge in [-0.2, -0.15) is 0 Å². The number of hydrogen-bond acceptors (Lipinski definition) is 1. The van der Waals surface area contributed by atoms with Crippen LogP contribution in [0.15, 0.2) is 54.6 Å². The lowest BCUT2D eigenvalue weighted by Gasteiger charge is -2.32. The van der Waals surface area contributed by atoms with Gasteiger partial charge in [0.2, 0.25) is 0 Å². The van der Waals surface area contributed by atoms with E-state index < -0.39 is 0 Å². The van der Waals surface area contributed by atoms with Gasteiger partial charge in [-0.3, -0.25) is 0 Å². The number of nitrogens with one attached hydrogen (secondary N) is 1. The molecule has 2 aromatic carbocycles. The summed E-state index contributed by atoms with van der Waals surface area (Å²) >= 11 is 0. The number of halogens is 1. The third-order valence-electron chi connectivity index (χ3n) is 4.43. The van der Waals surface area contributed by atoms with E-state index in [4.69, 9.17) is 0 Å². The topological polar surface area (TPSA) is 12.0 Å². The summed E-state index contributed by atoms with van der Waals surface area (Å²) in [5, 5.41) is 3.57. The van der Waals surface area contributed by atoms with Crippen molar-refractivity contribution >= 4 is 5.69 Å². The first-order valence-electron chi connectivity index (χ1n) is 7.90. The maximum Gasteiger partial charge on any atom is 0.125 e. The van der Waals surface area contributed by atoms with Crippen molar-refractivity contribution in [1.29, 1.82) is 0 Å². The second-order valence-electron chi connectivity index (χ2n) is 5.94. The largest absolute Gasteiger partial charge is 0.378 e. The lowest BCUT2D eigenvalue weighted by Crippen LogP contribution is -2.23. The summed E-state index contributed by atoms with van der Waals surface area (Å²) in [6.07, 6.45) is 6.46. The summed E-state index contributed by atoms with van der Waals surface area (Å²) in [5.74, 6) is 0.444. The highest BCUT2D eigenvalue weighted by atomic mass is 19.1. The van der Waals surface area contributed by atoms with Crippen molar-refractivity contribution < 1.29 is 4.39 Å². The monoisotopic (exact) mass is 283 g/mol. The Balaban J connectivity index is 1.85. The second kappa shape index (κ2) is 6.75. The van der Waals surface area contributed by atoms with Crippen molar-refractivity contribution in [2.24, 2.45) is 5.92 Å². The van der Waals surface area contributed by atoms with Gasteiger partial charge in [0.25, 0.3) is 0 Å². The molecule has 2 aromatic rings. The number of anilines is 1. The molecule has 0 spiro atoms. The lowest BCUT2D eigenvalue weighted by atomic mass is 9.81. The van der Waals surface area contributed by atoms with Crippen LogP contribution in [0, 0.1) is 11.7 Å². The van der Waals surface area contributed by atoms with Gasteiger partial charge < -0.3 is 5.32 Å². The highest BCUT2D eigenvalue weighted by molar-refractivity contribution is 5.46. The average Bonchev–Trinajstić information content (AvgIpc) is 2.54. The summed E-state index contributed by atoms with van der Waals surface area (Å²) < 4.78 is 13.4. The first-order chi connectivity index (χ1) is 10.3. The molecule has 3 rings (SSSR count). The van der Waals surface area contributed by atoms with Gasteiger partial charge in [-0.15, -0.1) is 0 Å². The molecule has 0 saturated heterocycles. The molecule has 1 aliphatic rings. The zero-order valence-electron chi connectivity index (χ0n) is 12.3. The van der Waals surface area contributed by atoms with Crippen LogP contribution in [0.5, 0.6) is 0 Å². The Morgan fingerprint density at radius 1 is 0.905 bits per heavy atom. The fourth-order valence-electron chi connectivity index (χ4n) is 3.36. The number of benzene rings is 2. The fraction of sp³-hybridized carbons (Fsp3) is 0.368. The van der Waals surface area contributed by atoms with E-state index in [-0.39, 0.29) is 11.9 Å². The van der Waals surface area contributed by atoms with E-state index in [1.807, 2.05) is 12.1 Å². The maximum absolute atomic E-state index is 13.4. The summed E-state index contributed by atoms with van der Waals surface area (Å²) in [6, 6.07) is 17.6. The molecule has 0 bridgehead atoms. The van der Waals surface area contributed by atoms with Crippen LogP contribution in [-0.4, -0.2) is 0 Å². The van der Waals surface area contributed by atoms with Crippen LogP contribution in [-0.2, 0) is 0 Å². The Morgan fingerprint density at radius 2 is 1.67 bits per heavy atom. The molecule has 110 valence electrons. The lowest BCUT2D eigenvalue weighted by molar-refractivity contribution is 0.321. The van der Waals surface area contributed by atoms with Gasteiger partial charge in [0.15, 0.2) is 0 Å². The van der Waals surface area contributed by atoms with Crippen molar-refractivity contribution in [3.05, 3.63) is 66.0 Å². The normalized spacial score (nSPS) is 17.4. The Kier molecular flexibility index (Phi) is 4.54. The van der Waals surface area contributed by atoms with Gasteiger partial charge in [0, 0.05) is 5.69 Å². The molecule has 1 saturated carbocycles. The summed E-state index contributed by atoms with van der Waals surface area (Å²) in [4.78, 5) is 0. The van der Waals surface area contributed by atoms with Gasteiger partial charge >= 0.3 is 0 Å². The van der Waals surface area contributed by atoms with Crippen LogP contribution in [0.3, 0.4) is 0 Å². The predicted molar refractivity (Wildman–Crippen MR) is 85.8 cm³/mol. The molecule has 1 aliphatic carbocycles. The van der Waals surface area contributed by atoms with Crippen molar-refractivity contribution in [1.82, 2.24) is 0 Å². The molecular weight excluding hydrogens is 261 g/mol. The van der Waals surface area contributed by atoms with Gasteiger partial charge in [-0.25, -0.2) is 4.39 Å². The van der Waals surface area contributed by atoms with Gasteiger partial charge in [0.1, 0.15) is 5.82 Å². The van der Waals surface area contributed by atoms with Crippen molar-refractivity contribution in [2.75, 3.05) is 5.32 Å². The zero-order chi connectivity index (χ0) is 14.5. The Bertz CT molecular complexity index is 561. The van der Waals surface area contributed by atoms with Crippen LogP contribution in [0.2, 0.25) is 0 Å². The molecule has 1 unspecified atom stereocenters. The molecule has 1 fully saturated rings. The van der Waals surface area contributed by atoms with Gasteiger partial charge in [-0.05, 0) is 42.5 Å². The fourth-order valence-corrected chi connectivity index (χ4v) is 3.36. The van der Waals surface area contributed by atoms with E-state index in [1.165, 1.54) is 43.7 Å². The molecule has 0 heterocycles. The van der Waals surface area contributed by atoms with Gasteiger partial charge in [0.05, 0.1) is 6.04 Å². The quantitative estimate of drug-likeness (QED) is 0.774. The predicted octanol–water partition coefficient (Wildman–Crippen LogP) is 5.56. The van der Waals surface area contributed by atoms with E-state index in [9.17, 15) is 4.39 Å². The average molecular weight is 283 g/mol. The van der Waals surface area contributed by atoms with Crippen LogP contribution in [0.25, 0.3) is 0 Å². The first kappa shape index (κ1) is 14.1. The van der Waals surface area contributed by atoms with E-state index in [0.717, 1.165) is 5.69 Å². The molecule has 0 aromatic heterocycles. The summed E-state index contributed by atoms with van der Waals surface area (Å²) in [6.45, 7) is 0. The minimum atomic E-state index is -0.185. The molecule has 1 atom stereocenters. The third kappa shape index (κ3) is 3.63. The highest BCUT2D eigenvalue weighted by Gasteiger charge is 2.24. The van der Waals surface area contributed by atoms with E-state index in [1.54, 1.807) is 12.1 Å². The van der Waals surface area contributed by atoms with Crippen LogP contribution in [0.4, 0.5) is 10.1 Å². The maximum atomic E-state index is 13.4. The molecule has 0 amide bonds. The van der Waals surface area contributed by atoms with E-state index in [0.29, 0.717) is 5.92 Å². The molecule has 1 nitrogen and oxygen atoms in total. The molecule has 1 N–H and O–H groups in total. The standard InChI is InChI=1S/C19H22FN/c20-17-12-7-13-18(14-17)21-19(15-8-3-1-4-9-15)16-10-5-2-6-11-16/h1,3-4,7-9,12-14,16,19,21H,2,5-6,10-11H2. The minimum absolute atomic E-state index is 0.185. The SMILES string of the molecule is Fc1cccc(NC(c2ccccc2)C2CCCCC2)c1. The Hall–Kier alpha value is -1.83. The highest BCUT2D eigenvalue weighted by Crippen LogP contribution is 2.36. The van der Waals surface area contributed by atoms with Gasteiger partial charge in [-0.1, -0.05) is 55.7 Å². The number of hydrogen-bond donors (Lipinski definition) is 1. The van der Waals surface area contributed by atoms with Crippen LogP contribution >= 0.6 is 0 Å². The van der Waals surface area contributed by atoms with E-state index in [2.05, 4.69) is 29.6 Å². The number of rotatable bonds is 4. The molecule has 2 heteroatoms. The zero-order valence-corrected chi connectivity index (χ0v) is 12.3. The second-order valence-corrected chi connectivity index (χ2v) is 5.94. The van der Waals surface area contributed by atoms with Crippen LogP contribution in [0.1, 0.15) is 43.7 Å². The summed E-state index contributed by atoms with van der Waals surface area (Å²) in [5.41, 5.74) is 2.17. The van der Waals surface area contributed by atoms with Crippen molar-refractivity contribution in [3.8, 4) is 0 Å². The molecule has 0 radical (unpaired) electrons. The molecule has 0 aliphatic heterocycles. The Morgan fingerprint density at radius 3 is 2.38 bits per heavy atom. The summed E-state index contributed by atoms with van der Waals surface area (Å²) in [7, 11) is 0. The molecule has 21 heavy (non-hydrogen) atoms. The van der Waals surface area contributed by atoms with Crippen LogP contribution < -0.4 is 5.32 Å². The third-order valence-corrected chi connectivity index (χ3v) is 4.43. The van der Waals surface area contributed by atoms with Crippen molar-refractivity contribution in [3.63, 3.8) is 0 Å².